The number of nitrogens with zero attached hydrogens (tertiary/aromatic N) is 5. The topological polar surface area (TPSA) is 106 Å². The molecule has 0 saturated heterocycles. The second-order valence-corrected chi connectivity index (χ2v) is 6.00. The Labute approximate surface area is 148 Å². The van der Waals surface area contributed by atoms with E-state index in [1.807, 2.05) is 30.3 Å². The molecule has 26 heavy (non-hydrogen) atoms. The lowest BCUT2D eigenvalue weighted by molar-refractivity contribution is 0.152. The van der Waals surface area contributed by atoms with Crippen molar-refractivity contribution in [2.45, 2.75) is 13.0 Å². The largest absolute Gasteiger partial charge is 0.394 e. The zero-order valence-electron chi connectivity index (χ0n) is 14.1. The van der Waals surface area contributed by atoms with Gasteiger partial charge in [0.1, 0.15) is 5.82 Å². The Kier molecular flexibility index (Phi) is 3.98. The number of aryl methyl sites for hydroxylation is 1. The third-order valence-corrected chi connectivity index (χ3v) is 4.32. The molecule has 4 aromatic rings. The molecule has 3 aromatic heterocycles. The maximum atomic E-state index is 13.2. The van der Waals surface area contributed by atoms with E-state index in [2.05, 4.69) is 15.1 Å². The molecule has 0 aliphatic heterocycles. The van der Waals surface area contributed by atoms with Crippen LogP contribution in [0.3, 0.4) is 0 Å². The van der Waals surface area contributed by atoms with Gasteiger partial charge in [0.15, 0.2) is 0 Å². The lowest BCUT2D eigenvalue weighted by Crippen LogP contribution is -2.29. The lowest BCUT2D eigenvalue weighted by Gasteiger charge is -2.16. The van der Waals surface area contributed by atoms with Gasteiger partial charge in [-0.3, -0.25) is 4.79 Å². The van der Waals surface area contributed by atoms with E-state index in [1.54, 1.807) is 17.5 Å². The highest BCUT2D eigenvalue weighted by Crippen LogP contribution is 2.26. The van der Waals surface area contributed by atoms with Gasteiger partial charge in [-0.1, -0.05) is 30.3 Å². The van der Waals surface area contributed by atoms with E-state index in [9.17, 15) is 15.0 Å². The second kappa shape index (κ2) is 6.32. The predicted molar refractivity (Wildman–Crippen MR) is 95.9 cm³/mol. The van der Waals surface area contributed by atoms with Gasteiger partial charge in [0.2, 0.25) is 0 Å². The number of aliphatic hydroxyl groups excluding tert-OH is 2. The first kappa shape index (κ1) is 16.4. The van der Waals surface area contributed by atoms with Gasteiger partial charge in [0.25, 0.3) is 11.3 Å². The number of hydrogen-bond acceptors (Lipinski definition) is 6. The Hall–Kier alpha value is -3.10. The van der Waals surface area contributed by atoms with Crippen molar-refractivity contribution in [3.05, 3.63) is 58.8 Å². The average molecular weight is 351 g/mol. The van der Waals surface area contributed by atoms with Gasteiger partial charge in [-0.15, -0.1) is 5.10 Å². The predicted octanol–water partition coefficient (Wildman–Crippen LogP) is 0.940. The van der Waals surface area contributed by atoms with E-state index in [0.717, 1.165) is 5.56 Å². The molecule has 0 amide bonds. The van der Waals surface area contributed by atoms with Crippen molar-refractivity contribution in [1.29, 1.82) is 0 Å². The van der Waals surface area contributed by atoms with Crippen molar-refractivity contribution in [3.8, 4) is 11.3 Å². The number of benzene rings is 1. The van der Waals surface area contributed by atoms with Gasteiger partial charge >= 0.3 is 0 Å². The van der Waals surface area contributed by atoms with Crippen LogP contribution in [0.2, 0.25) is 0 Å². The molecular weight excluding hydrogens is 334 g/mol. The molecule has 0 fully saturated rings. The third-order valence-electron chi connectivity index (χ3n) is 4.32. The van der Waals surface area contributed by atoms with E-state index in [4.69, 9.17) is 0 Å². The van der Waals surface area contributed by atoms with Gasteiger partial charge < -0.3 is 14.8 Å². The summed E-state index contributed by atoms with van der Waals surface area (Å²) in [6.07, 6.45) is 1.53. The van der Waals surface area contributed by atoms with E-state index in [-0.39, 0.29) is 18.8 Å². The van der Waals surface area contributed by atoms with Crippen LogP contribution in [0.1, 0.15) is 11.9 Å². The van der Waals surface area contributed by atoms with Crippen molar-refractivity contribution >= 4 is 16.7 Å². The minimum absolute atomic E-state index is 0.347. The first-order valence-electron chi connectivity index (χ1n) is 8.19. The number of aliphatic hydroxyl groups is 2. The molecule has 1 aromatic carbocycles. The minimum Gasteiger partial charge on any atom is -0.394 e. The quantitative estimate of drug-likeness (QED) is 0.567. The van der Waals surface area contributed by atoms with Crippen molar-refractivity contribution in [1.82, 2.24) is 24.1 Å². The number of pyridine rings is 1. The van der Waals surface area contributed by atoms with Crippen LogP contribution in [0.4, 0.5) is 0 Å². The molecule has 3 heterocycles. The smallest absolute Gasteiger partial charge is 0.262 e. The third kappa shape index (κ3) is 2.47. The Bertz CT molecular complexity index is 1150. The van der Waals surface area contributed by atoms with Crippen LogP contribution in [0, 0.1) is 6.92 Å². The molecule has 0 radical (unpaired) electrons. The number of aromatic nitrogens is 5. The summed E-state index contributed by atoms with van der Waals surface area (Å²) < 4.78 is 2.89. The molecule has 4 rings (SSSR count). The summed E-state index contributed by atoms with van der Waals surface area (Å²) in [6.45, 7) is 1.07. The fraction of sp³-hybridized carbons (Fsp3) is 0.222. The van der Waals surface area contributed by atoms with Gasteiger partial charge in [0.05, 0.1) is 35.9 Å². The summed E-state index contributed by atoms with van der Waals surface area (Å²) in [5.74, 6) is 0.959. The summed E-state index contributed by atoms with van der Waals surface area (Å²) in [6, 6.07) is 10.4. The Morgan fingerprint density at radius 1 is 1.08 bits per heavy atom. The first-order valence-corrected chi connectivity index (χ1v) is 8.19. The van der Waals surface area contributed by atoms with Crippen LogP contribution in [-0.4, -0.2) is 47.6 Å². The first-order chi connectivity index (χ1) is 12.6. The molecule has 0 atom stereocenters. The Balaban J connectivity index is 2.18. The van der Waals surface area contributed by atoms with E-state index in [0.29, 0.717) is 28.2 Å². The van der Waals surface area contributed by atoms with Gasteiger partial charge in [0, 0.05) is 11.8 Å². The number of fused-ring (bicyclic) bond motifs is 2. The standard InChI is InChI=1S/C18H17N5O3/c1-11-19-18-20-14-7-8-22(13(9-24)10-25)17(26)15(14)16(23(18)21-11)12-5-3-2-4-6-12/h2-8,13,24-25H,9-10H2,1H3. The molecule has 0 aliphatic carbocycles. The molecular formula is C18H17N5O3. The highest BCUT2D eigenvalue weighted by atomic mass is 16.3. The highest BCUT2D eigenvalue weighted by molar-refractivity contribution is 5.93. The fourth-order valence-electron chi connectivity index (χ4n) is 3.08. The molecule has 132 valence electrons. The molecule has 0 spiro atoms. The fourth-order valence-corrected chi connectivity index (χ4v) is 3.08. The number of rotatable bonds is 4. The van der Waals surface area contributed by atoms with Crippen LogP contribution >= 0.6 is 0 Å². The van der Waals surface area contributed by atoms with E-state index < -0.39 is 6.04 Å². The monoisotopic (exact) mass is 351 g/mol. The second-order valence-electron chi connectivity index (χ2n) is 6.00. The van der Waals surface area contributed by atoms with Crippen molar-refractivity contribution < 1.29 is 10.2 Å². The van der Waals surface area contributed by atoms with Crippen LogP contribution in [0.5, 0.6) is 0 Å². The molecule has 2 N–H and O–H groups in total. The molecule has 0 unspecified atom stereocenters. The molecule has 0 saturated carbocycles. The van der Waals surface area contributed by atoms with E-state index >= 15 is 0 Å². The summed E-state index contributed by atoms with van der Waals surface area (Å²) in [4.78, 5) is 21.9. The van der Waals surface area contributed by atoms with Crippen LogP contribution in [-0.2, 0) is 0 Å². The minimum atomic E-state index is -0.719. The van der Waals surface area contributed by atoms with E-state index in [1.165, 1.54) is 10.8 Å². The maximum absolute atomic E-state index is 13.2. The highest BCUT2D eigenvalue weighted by Gasteiger charge is 2.20. The van der Waals surface area contributed by atoms with Gasteiger partial charge in [-0.25, -0.2) is 4.98 Å². The number of hydrogen-bond donors (Lipinski definition) is 2. The lowest BCUT2D eigenvalue weighted by atomic mass is 10.1. The van der Waals surface area contributed by atoms with Crippen LogP contribution in [0.15, 0.2) is 47.4 Å². The molecule has 0 aliphatic rings. The zero-order valence-corrected chi connectivity index (χ0v) is 14.1. The van der Waals surface area contributed by atoms with Crippen molar-refractivity contribution in [2.24, 2.45) is 0 Å². The normalized spacial score (nSPS) is 11.7. The zero-order chi connectivity index (χ0) is 18.3. The van der Waals surface area contributed by atoms with Crippen molar-refractivity contribution in [3.63, 3.8) is 0 Å². The molecule has 8 heteroatoms. The molecule has 0 bridgehead atoms. The Morgan fingerprint density at radius 2 is 1.81 bits per heavy atom. The van der Waals surface area contributed by atoms with Crippen molar-refractivity contribution in [2.75, 3.05) is 13.2 Å². The van der Waals surface area contributed by atoms with Gasteiger partial charge in [-0.05, 0) is 13.0 Å². The summed E-state index contributed by atoms with van der Waals surface area (Å²) >= 11 is 0. The summed E-state index contributed by atoms with van der Waals surface area (Å²) in [5.41, 5.74) is 1.52. The van der Waals surface area contributed by atoms with Gasteiger partial charge in [-0.2, -0.15) is 9.50 Å². The average Bonchev–Trinajstić information content (AvgIpc) is 3.03. The Morgan fingerprint density at radius 3 is 2.50 bits per heavy atom. The van der Waals surface area contributed by atoms with Crippen LogP contribution < -0.4 is 5.56 Å². The summed E-state index contributed by atoms with van der Waals surface area (Å²) in [7, 11) is 0. The van der Waals surface area contributed by atoms with Crippen LogP contribution in [0.25, 0.3) is 27.9 Å². The SMILES string of the molecule is Cc1nc2nc3ccn(C(CO)CO)c(=O)c3c(-c3ccccc3)n2n1. The summed E-state index contributed by atoms with van der Waals surface area (Å²) in [5, 5.41) is 23.7. The molecule has 8 nitrogen and oxygen atoms in total. The maximum Gasteiger partial charge on any atom is 0.262 e.